The Morgan fingerprint density at radius 2 is 1.71 bits per heavy atom. The summed E-state index contributed by atoms with van der Waals surface area (Å²) in [5.41, 5.74) is -0.168. The summed E-state index contributed by atoms with van der Waals surface area (Å²) < 4.78 is 33.8. The van der Waals surface area contributed by atoms with E-state index < -0.39 is 15.0 Å². The van der Waals surface area contributed by atoms with Gasteiger partial charge in [0.1, 0.15) is 0 Å². The minimum atomic E-state index is -3.88. The minimum absolute atomic E-state index is 0.0193. The van der Waals surface area contributed by atoms with Crippen LogP contribution in [0.1, 0.15) is 26.2 Å². The lowest BCUT2D eigenvalue weighted by atomic mass is 10.3. The van der Waals surface area contributed by atoms with Gasteiger partial charge in [-0.05, 0) is 25.0 Å². The molecule has 0 saturated heterocycles. The molecular formula is C13H19NO6S. The first-order valence-corrected chi connectivity index (χ1v) is 8.10. The van der Waals surface area contributed by atoms with E-state index in [1.165, 1.54) is 0 Å². The summed E-state index contributed by atoms with van der Waals surface area (Å²) in [6.07, 6.45) is 2.49. The number of nitro groups is 1. The molecule has 0 atom stereocenters. The second kappa shape index (κ2) is 8.71. The molecule has 1 aromatic carbocycles. The molecule has 1 rings (SSSR count). The third-order valence-electron chi connectivity index (χ3n) is 2.65. The van der Waals surface area contributed by atoms with Crippen molar-refractivity contribution < 1.29 is 22.3 Å². The second-order valence-electron chi connectivity index (χ2n) is 4.35. The van der Waals surface area contributed by atoms with Crippen LogP contribution >= 0.6 is 0 Å². The maximum Gasteiger partial charge on any atom is 0.296 e. The highest BCUT2D eigenvalue weighted by molar-refractivity contribution is 7.86. The molecule has 1 aromatic rings. The van der Waals surface area contributed by atoms with Gasteiger partial charge < -0.3 is 4.74 Å². The average molecular weight is 317 g/mol. The number of ether oxygens (including phenoxy) is 1. The molecule has 7 nitrogen and oxygen atoms in total. The highest BCUT2D eigenvalue weighted by atomic mass is 32.2. The van der Waals surface area contributed by atoms with Crippen molar-refractivity contribution in [2.24, 2.45) is 0 Å². The molecular weight excluding hydrogens is 298 g/mol. The number of hydrogen-bond acceptors (Lipinski definition) is 6. The average Bonchev–Trinajstić information content (AvgIpc) is 2.46. The van der Waals surface area contributed by atoms with E-state index in [9.17, 15) is 18.5 Å². The molecule has 0 saturated carbocycles. The number of hydrogen-bond donors (Lipinski definition) is 0. The summed E-state index contributed by atoms with van der Waals surface area (Å²) in [7, 11) is -3.88. The van der Waals surface area contributed by atoms with E-state index >= 15 is 0 Å². The smallest absolute Gasteiger partial charge is 0.296 e. The van der Waals surface area contributed by atoms with Crippen LogP contribution in [-0.2, 0) is 19.0 Å². The molecule has 0 fully saturated rings. The van der Waals surface area contributed by atoms with Crippen molar-refractivity contribution in [1.29, 1.82) is 0 Å². The van der Waals surface area contributed by atoms with E-state index in [4.69, 9.17) is 8.92 Å². The predicted molar refractivity (Wildman–Crippen MR) is 76.6 cm³/mol. The highest BCUT2D eigenvalue weighted by Crippen LogP contribution is 2.17. The molecule has 0 aliphatic heterocycles. The molecule has 118 valence electrons. The predicted octanol–water partition coefficient (Wildman–Crippen LogP) is 2.51. The zero-order valence-electron chi connectivity index (χ0n) is 11.9. The molecule has 0 aromatic heterocycles. The van der Waals surface area contributed by atoms with Gasteiger partial charge >= 0.3 is 0 Å². The lowest BCUT2D eigenvalue weighted by Crippen LogP contribution is -2.09. The Kier molecular flexibility index (Phi) is 7.27. The Bertz CT molecular complexity index is 540. The molecule has 21 heavy (non-hydrogen) atoms. The fourth-order valence-corrected chi connectivity index (χ4v) is 2.42. The molecule has 0 N–H and O–H groups in total. The Balaban J connectivity index is 2.41. The van der Waals surface area contributed by atoms with Crippen LogP contribution in [0.15, 0.2) is 29.2 Å². The molecule has 8 heteroatoms. The Hall–Kier alpha value is -1.51. The van der Waals surface area contributed by atoms with Crippen LogP contribution < -0.4 is 0 Å². The summed E-state index contributed by atoms with van der Waals surface area (Å²) in [5, 5.41) is 10.5. The largest absolute Gasteiger partial charge is 0.381 e. The number of non-ortho nitro benzene ring substituents is 1. The van der Waals surface area contributed by atoms with Crippen LogP contribution in [0.3, 0.4) is 0 Å². The molecule has 0 amide bonds. The van der Waals surface area contributed by atoms with Crippen molar-refractivity contribution in [3.05, 3.63) is 34.4 Å². The number of rotatable bonds is 10. The standard InChI is InChI=1S/C13H19NO6S/c1-2-3-9-19-10-4-11-20-21(17,18)13-7-5-12(6-8-13)14(15)16/h5-8H,2-4,9-11H2,1H3. The Morgan fingerprint density at radius 3 is 2.29 bits per heavy atom. The van der Waals surface area contributed by atoms with E-state index in [1.807, 2.05) is 0 Å². The van der Waals surface area contributed by atoms with Gasteiger partial charge in [0.05, 0.1) is 16.4 Å². The third kappa shape index (κ3) is 6.19. The van der Waals surface area contributed by atoms with Crippen molar-refractivity contribution in [2.45, 2.75) is 31.1 Å². The number of unbranched alkanes of at least 4 members (excludes halogenated alkanes) is 1. The fraction of sp³-hybridized carbons (Fsp3) is 0.538. The van der Waals surface area contributed by atoms with E-state index in [-0.39, 0.29) is 17.2 Å². The molecule has 0 heterocycles. The summed E-state index contributed by atoms with van der Waals surface area (Å²) in [6, 6.07) is 4.57. The maximum absolute atomic E-state index is 11.8. The summed E-state index contributed by atoms with van der Waals surface area (Å²) in [6.45, 7) is 3.18. The lowest BCUT2D eigenvalue weighted by molar-refractivity contribution is -0.384. The van der Waals surface area contributed by atoms with Crippen molar-refractivity contribution in [3.8, 4) is 0 Å². The highest BCUT2D eigenvalue weighted by Gasteiger charge is 2.16. The van der Waals surface area contributed by atoms with Crippen LogP contribution in [-0.4, -0.2) is 33.2 Å². The first-order chi connectivity index (χ1) is 9.97. The van der Waals surface area contributed by atoms with Gasteiger partial charge in [0.25, 0.3) is 15.8 Å². The van der Waals surface area contributed by atoms with Crippen molar-refractivity contribution >= 4 is 15.8 Å². The number of nitrogens with zero attached hydrogens (tertiary/aromatic N) is 1. The van der Waals surface area contributed by atoms with Gasteiger partial charge in [-0.3, -0.25) is 14.3 Å². The van der Waals surface area contributed by atoms with Gasteiger partial charge in [0.2, 0.25) is 0 Å². The summed E-state index contributed by atoms with van der Waals surface area (Å²) in [5.74, 6) is 0. The van der Waals surface area contributed by atoms with Crippen LogP contribution in [0.4, 0.5) is 5.69 Å². The minimum Gasteiger partial charge on any atom is -0.381 e. The molecule has 0 aliphatic carbocycles. The summed E-state index contributed by atoms with van der Waals surface area (Å²) >= 11 is 0. The zero-order valence-corrected chi connectivity index (χ0v) is 12.7. The van der Waals surface area contributed by atoms with Crippen molar-refractivity contribution in [3.63, 3.8) is 0 Å². The zero-order chi connectivity index (χ0) is 15.7. The van der Waals surface area contributed by atoms with Crippen LogP contribution in [0.2, 0.25) is 0 Å². The fourth-order valence-electron chi connectivity index (χ4n) is 1.48. The SMILES string of the molecule is CCCCOCCCOS(=O)(=O)c1ccc([N+](=O)[O-])cc1. The monoisotopic (exact) mass is 317 g/mol. The normalized spacial score (nSPS) is 11.5. The van der Waals surface area contributed by atoms with Crippen molar-refractivity contribution in [1.82, 2.24) is 0 Å². The molecule has 0 radical (unpaired) electrons. The van der Waals surface area contributed by atoms with Crippen molar-refractivity contribution in [2.75, 3.05) is 19.8 Å². The van der Waals surface area contributed by atoms with Crippen LogP contribution in [0.5, 0.6) is 0 Å². The Labute approximate surface area is 124 Å². The molecule has 0 unspecified atom stereocenters. The quantitative estimate of drug-likeness (QED) is 0.285. The summed E-state index contributed by atoms with van der Waals surface area (Å²) in [4.78, 5) is 9.80. The maximum atomic E-state index is 11.8. The second-order valence-corrected chi connectivity index (χ2v) is 5.96. The molecule has 0 spiro atoms. The van der Waals surface area contributed by atoms with Gasteiger partial charge in [-0.15, -0.1) is 0 Å². The van der Waals surface area contributed by atoms with Crippen LogP contribution in [0.25, 0.3) is 0 Å². The molecule has 0 aliphatic rings. The third-order valence-corrected chi connectivity index (χ3v) is 3.98. The topological polar surface area (TPSA) is 95.7 Å². The van der Waals surface area contributed by atoms with Gasteiger partial charge in [-0.2, -0.15) is 8.42 Å². The Morgan fingerprint density at radius 1 is 1.10 bits per heavy atom. The van der Waals surface area contributed by atoms with Gasteiger partial charge in [-0.1, -0.05) is 13.3 Å². The van der Waals surface area contributed by atoms with E-state index in [0.717, 1.165) is 37.1 Å². The van der Waals surface area contributed by atoms with E-state index in [1.54, 1.807) is 0 Å². The van der Waals surface area contributed by atoms with Crippen LogP contribution in [0, 0.1) is 10.1 Å². The molecule has 0 bridgehead atoms. The van der Waals surface area contributed by atoms with E-state index in [0.29, 0.717) is 19.6 Å². The first kappa shape index (κ1) is 17.5. The lowest BCUT2D eigenvalue weighted by Gasteiger charge is -2.06. The van der Waals surface area contributed by atoms with Gasteiger partial charge in [0.15, 0.2) is 0 Å². The van der Waals surface area contributed by atoms with E-state index in [2.05, 4.69) is 6.92 Å². The first-order valence-electron chi connectivity index (χ1n) is 6.69. The number of nitro benzene ring substituents is 1. The number of benzene rings is 1. The van der Waals surface area contributed by atoms with Gasteiger partial charge in [-0.25, -0.2) is 0 Å². The van der Waals surface area contributed by atoms with Gasteiger partial charge in [0, 0.05) is 25.3 Å².